The maximum atomic E-state index is 12.7. The normalized spacial score (nSPS) is 16.7. The lowest BCUT2D eigenvalue weighted by atomic mass is 9.73. The van der Waals surface area contributed by atoms with Crippen molar-refractivity contribution in [3.8, 4) is 0 Å². The SMILES string of the molecule is CC(=O)Nc1ccc(CC2(C(=O)O)CCN(C(=O)[C@@H](N)Cc3cccs3)CC2)cc1. The van der Waals surface area contributed by atoms with Gasteiger partial charge in [-0.3, -0.25) is 14.4 Å². The number of piperidine rings is 1. The molecule has 30 heavy (non-hydrogen) atoms. The lowest BCUT2D eigenvalue weighted by molar-refractivity contribution is -0.154. The van der Waals surface area contributed by atoms with Gasteiger partial charge in [0.05, 0.1) is 11.5 Å². The second-order valence-electron chi connectivity index (χ2n) is 7.86. The number of nitrogens with zero attached hydrogens (tertiary/aromatic N) is 1. The van der Waals surface area contributed by atoms with E-state index < -0.39 is 17.4 Å². The predicted molar refractivity (Wildman–Crippen MR) is 116 cm³/mol. The Kier molecular flexibility index (Phi) is 6.89. The molecule has 0 unspecified atom stereocenters. The fourth-order valence-corrected chi connectivity index (χ4v) is 4.65. The molecule has 1 atom stereocenters. The molecule has 4 N–H and O–H groups in total. The minimum atomic E-state index is -0.913. The van der Waals surface area contributed by atoms with Crippen molar-refractivity contribution in [2.75, 3.05) is 18.4 Å². The van der Waals surface area contributed by atoms with E-state index in [0.717, 1.165) is 10.4 Å². The van der Waals surface area contributed by atoms with E-state index in [9.17, 15) is 19.5 Å². The number of carbonyl (C=O) groups is 3. The molecule has 0 bridgehead atoms. The third kappa shape index (κ3) is 5.25. The highest BCUT2D eigenvalue weighted by Crippen LogP contribution is 2.36. The first kappa shape index (κ1) is 22.0. The third-order valence-corrected chi connectivity index (χ3v) is 6.52. The Labute approximate surface area is 179 Å². The molecular formula is C22H27N3O4S. The van der Waals surface area contributed by atoms with Crippen molar-refractivity contribution in [3.05, 3.63) is 52.2 Å². The van der Waals surface area contributed by atoms with Crippen LogP contribution in [0.1, 0.15) is 30.2 Å². The number of carboxylic acids is 1. The van der Waals surface area contributed by atoms with Gasteiger partial charge < -0.3 is 21.1 Å². The predicted octanol–water partition coefficient (Wildman–Crippen LogP) is 2.51. The van der Waals surface area contributed by atoms with Crippen LogP contribution in [0.25, 0.3) is 0 Å². The smallest absolute Gasteiger partial charge is 0.310 e. The number of carbonyl (C=O) groups excluding carboxylic acids is 2. The summed E-state index contributed by atoms with van der Waals surface area (Å²) in [5, 5.41) is 14.6. The second kappa shape index (κ2) is 9.40. The summed E-state index contributed by atoms with van der Waals surface area (Å²) in [5.41, 5.74) is 6.76. The van der Waals surface area contributed by atoms with Crippen LogP contribution in [0.4, 0.5) is 5.69 Å². The molecule has 1 fully saturated rings. The summed E-state index contributed by atoms with van der Waals surface area (Å²) in [7, 11) is 0. The first-order chi connectivity index (χ1) is 14.3. The van der Waals surface area contributed by atoms with Gasteiger partial charge in [0.25, 0.3) is 0 Å². The highest BCUT2D eigenvalue weighted by atomic mass is 32.1. The summed E-state index contributed by atoms with van der Waals surface area (Å²) in [5.74, 6) is -1.12. The molecule has 2 aromatic rings. The number of hydrogen-bond acceptors (Lipinski definition) is 5. The summed E-state index contributed by atoms with van der Waals surface area (Å²) in [6.45, 7) is 2.20. The van der Waals surface area contributed by atoms with Gasteiger partial charge in [-0.25, -0.2) is 0 Å². The summed E-state index contributed by atoms with van der Waals surface area (Å²) in [6, 6.07) is 10.5. The maximum absolute atomic E-state index is 12.7. The summed E-state index contributed by atoms with van der Waals surface area (Å²) in [4.78, 5) is 38.8. The summed E-state index contributed by atoms with van der Waals surface area (Å²) >= 11 is 1.57. The average Bonchev–Trinajstić information content (AvgIpc) is 3.22. The van der Waals surface area contributed by atoms with Crippen LogP contribution in [0.2, 0.25) is 0 Å². The molecule has 1 aliphatic heterocycles. The molecule has 1 aliphatic rings. The third-order valence-electron chi connectivity index (χ3n) is 5.62. The van der Waals surface area contributed by atoms with Gasteiger partial charge in [-0.1, -0.05) is 18.2 Å². The first-order valence-corrected chi connectivity index (χ1v) is 10.8. The number of nitrogens with two attached hydrogens (primary N) is 1. The van der Waals surface area contributed by atoms with Crippen LogP contribution < -0.4 is 11.1 Å². The van der Waals surface area contributed by atoms with Gasteiger partial charge >= 0.3 is 5.97 Å². The molecule has 1 aromatic carbocycles. The number of likely N-dealkylation sites (tertiary alicyclic amines) is 1. The number of carboxylic acid groups (broad SMARTS) is 1. The molecule has 1 aromatic heterocycles. The van der Waals surface area contributed by atoms with Crippen LogP contribution in [0.3, 0.4) is 0 Å². The summed E-state index contributed by atoms with van der Waals surface area (Å²) in [6.07, 6.45) is 1.64. The van der Waals surface area contributed by atoms with Crippen molar-refractivity contribution in [1.82, 2.24) is 4.90 Å². The van der Waals surface area contributed by atoms with Crippen LogP contribution in [0.15, 0.2) is 41.8 Å². The highest BCUT2D eigenvalue weighted by Gasteiger charge is 2.43. The molecule has 7 nitrogen and oxygen atoms in total. The lowest BCUT2D eigenvalue weighted by Crippen LogP contribution is -2.52. The van der Waals surface area contributed by atoms with Gasteiger partial charge in [0.2, 0.25) is 11.8 Å². The fraction of sp³-hybridized carbons (Fsp3) is 0.409. The van der Waals surface area contributed by atoms with E-state index in [1.807, 2.05) is 29.6 Å². The molecule has 0 aliphatic carbocycles. The van der Waals surface area contributed by atoms with E-state index in [1.54, 1.807) is 28.4 Å². The maximum Gasteiger partial charge on any atom is 0.310 e. The van der Waals surface area contributed by atoms with E-state index in [1.165, 1.54) is 6.92 Å². The largest absolute Gasteiger partial charge is 0.481 e. The Balaban J connectivity index is 1.61. The van der Waals surface area contributed by atoms with Gasteiger partial charge in [0, 0.05) is 37.0 Å². The van der Waals surface area contributed by atoms with Gasteiger partial charge in [-0.2, -0.15) is 0 Å². The Bertz CT molecular complexity index is 888. The Hall–Kier alpha value is -2.71. The van der Waals surface area contributed by atoms with Crippen molar-refractivity contribution in [2.24, 2.45) is 11.1 Å². The minimum Gasteiger partial charge on any atom is -0.481 e. The zero-order valence-electron chi connectivity index (χ0n) is 17.0. The quantitative estimate of drug-likeness (QED) is 0.626. The highest BCUT2D eigenvalue weighted by molar-refractivity contribution is 7.09. The van der Waals surface area contributed by atoms with Crippen molar-refractivity contribution >= 4 is 34.8 Å². The molecule has 8 heteroatoms. The number of anilines is 1. The van der Waals surface area contributed by atoms with E-state index in [-0.39, 0.29) is 11.8 Å². The fourth-order valence-electron chi connectivity index (χ4n) is 3.89. The molecule has 2 amide bonds. The standard InChI is InChI=1S/C22H27N3O4S/c1-15(26)24-17-6-4-16(5-7-17)14-22(21(28)29)8-10-25(11-9-22)20(27)19(23)13-18-3-2-12-30-18/h2-7,12,19H,8-11,13-14,23H2,1H3,(H,24,26)(H,28,29)/t19-/m0/s1. The molecule has 3 rings (SSSR count). The zero-order chi connectivity index (χ0) is 21.7. The molecule has 0 saturated carbocycles. The first-order valence-electron chi connectivity index (χ1n) is 9.96. The van der Waals surface area contributed by atoms with Gasteiger partial charge in [0.1, 0.15) is 0 Å². The lowest BCUT2D eigenvalue weighted by Gasteiger charge is -2.39. The summed E-state index contributed by atoms with van der Waals surface area (Å²) < 4.78 is 0. The monoisotopic (exact) mass is 429 g/mol. The van der Waals surface area contributed by atoms with Crippen LogP contribution in [0, 0.1) is 5.41 Å². The number of rotatable bonds is 7. The minimum absolute atomic E-state index is 0.123. The van der Waals surface area contributed by atoms with Crippen molar-refractivity contribution in [3.63, 3.8) is 0 Å². The van der Waals surface area contributed by atoms with Gasteiger partial charge in [-0.05, 0) is 48.4 Å². The molecule has 0 spiro atoms. The number of amides is 2. The molecule has 2 heterocycles. The Morgan fingerprint density at radius 1 is 1.20 bits per heavy atom. The van der Waals surface area contributed by atoms with E-state index >= 15 is 0 Å². The number of nitrogens with one attached hydrogen (secondary N) is 1. The van der Waals surface area contributed by atoms with Crippen molar-refractivity contribution in [1.29, 1.82) is 0 Å². The Morgan fingerprint density at radius 3 is 2.40 bits per heavy atom. The second-order valence-corrected chi connectivity index (χ2v) is 8.89. The Morgan fingerprint density at radius 2 is 1.87 bits per heavy atom. The number of aliphatic carboxylic acids is 1. The number of benzene rings is 1. The number of hydrogen-bond donors (Lipinski definition) is 3. The van der Waals surface area contributed by atoms with Crippen molar-refractivity contribution < 1.29 is 19.5 Å². The van der Waals surface area contributed by atoms with Crippen LogP contribution in [-0.4, -0.2) is 46.9 Å². The van der Waals surface area contributed by atoms with Crippen LogP contribution >= 0.6 is 11.3 Å². The number of thiophene rings is 1. The average molecular weight is 430 g/mol. The van der Waals surface area contributed by atoms with Gasteiger partial charge in [-0.15, -0.1) is 11.3 Å². The van der Waals surface area contributed by atoms with E-state index in [0.29, 0.717) is 44.5 Å². The topological polar surface area (TPSA) is 113 Å². The van der Waals surface area contributed by atoms with Gasteiger partial charge in [0.15, 0.2) is 0 Å². The van der Waals surface area contributed by atoms with Crippen LogP contribution in [0.5, 0.6) is 0 Å². The zero-order valence-corrected chi connectivity index (χ0v) is 17.8. The van der Waals surface area contributed by atoms with E-state index in [4.69, 9.17) is 5.73 Å². The van der Waals surface area contributed by atoms with Crippen molar-refractivity contribution in [2.45, 2.75) is 38.6 Å². The van der Waals surface area contributed by atoms with E-state index in [2.05, 4.69) is 5.32 Å². The molecule has 1 saturated heterocycles. The molecular weight excluding hydrogens is 402 g/mol. The molecule has 160 valence electrons. The molecule has 0 radical (unpaired) electrons. The van der Waals surface area contributed by atoms with Crippen LogP contribution in [-0.2, 0) is 27.2 Å².